The molecule has 1 rings (SSSR count). The first-order valence-corrected chi connectivity index (χ1v) is 4.31. The lowest BCUT2D eigenvalue weighted by Gasteiger charge is -2.29. The average molecular weight is 190 g/mol. The first-order valence-electron chi connectivity index (χ1n) is 4.31. The van der Waals surface area contributed by atoms with Crippen molar-refractivity contribution in [2.45, 2.75) is 44.2 Å². The third-order valence-corrected chi connectivity index (χ3v) is 2.04. The van der Waals surface area contributed by atoms with E-state index in [-0.39, 0.29) is 18.9 Å². The summed E-state index contributed by atoms with van der Waals surface area (Å²) in [5.41, 5.74) is 0. The topological polar surface area (TPSA) is 87.0 Å². The highest BCUT2D eigenvalue weighted by Crippen LogP contribution is 2.21. The average Bonchev–Trinajstić information content (AvgIpc) is 1.99. The largest absolute Gasteiger partial charge is 0.481 e. The van der Waals surface area contributed by atoms with E-state index in [1.807, 2.05) is 0 Å². The Hall–Kier alpha value is -0.650. The van der Waals surface area contributed by atoms with Crippen LogP contribution in [0.5, 0.6) is 0 Å². The smallest absolute Gasteiger partial charge is 0.303 e. The number of hydrogen-bond donors (Lipinski definition) is 3. The molecule has 0 aromatic rings. The van der Waals surface area contributed by atoms with E-state index < -0.39 is 18.4 Å². The maximum atomic E-state index is 10.2. The molecule has 5 heteroatoms. The van der Waals surface area contributed by atoms with Crippen LogP contribution in [0.25, 0.3) is 0 Å². The van der Waals surface area contributed by atoms with E-state index in [1.165, 1.54) is 0 Å². The Bertz CT molecular complexity index is 171. The molecule has 3 N–H and O–H groups in total. The van der Waals surface area contributed by atoms with Gasteiger partial charge >= 0.3 is 5.97 Å². The summed E-state index contributed by atoms with van der Waals surface area (Å²) >= 11 is 0. The number of aliphatic carboxylic acids is 1. The SMILES string of the molecule is O=C(O)CC[C@@H]1C[C@@H](O)CC(O)O1. The number of aliphatic hydroxyl groups excluding tert-OH is 2. The number of rotatable bonds is 3. The van der Waals surface area contributed by atoms with Crippen molar-refractivity contribution in [1.29, 1.82) is 0 Å². The summed E-state index contributed by atoms with van der Waals surface area (Å²) in [6.07, 6.45) is -0.915. The lowest BCUT2D eigenvalue weighted by Crippen LogP contribution is -2.35. The second-order valence-electron chi connectivity index (χ2n) is 3.27. The third-order valence-electron chi connectivity index (χ3n) is 2.04. The van der Waals surface area contributed by atoms with E-state index in [4.69, 9.17) is 14.9 Å². The van der Waals surface area contributed by atoms with Gasteiger partial charge in [-0.05, 0) is 12.8 Å². The van der Waals surface area contributed by atoms with Gasteiger partial charge in [0.25, 0.3) is 0 Å². The summed E-state index contributed by atoms with van der Waals surface area (Å²) in [6.45, 7) is 0. The van der Waals surface area contributed by atoms with Crippen molar-refractivity contribution in [2.75, 3.05) is 0 Å². The molecule has 1 fully saturated rings. The van der Waals surface area contributed by atoms with Gasteiger partial charge < -0.3 is 20.1 Å². The van der Waals surface area contributed by atoms with Gasteiger partial charge in [-0.15, -0.1) is 0 Å². The van der Waals surface area contributed by atoms with Crippen LogP contribution in [0.4, 0.5) is 0 Å². The lowest BCUT2D eigenvalue weighted by atomic mass is 10.0. The van der Waals surface area contributed by atoms with Gasteiger partial charge in [-0.25, -0.2) is 0 Å². The van der Waals surface area contributed by atoms with Crippen LogP contribution in [0.3, 0.4) is 0 Å². The molecule has 0 bridgehead atoms. The number of carboxylic acid groups (broad SMARTS) is 1. The van der Waals surface area contributed by atoms with Crippen LogP contribution in [0.1, 0.15) is 25.7 Å². The molecule has 1 aliphatic rings. The van der Waals surface area contributed by atoms with E-state index in [1.54, 1.807) is 0 Å². The van der Waals surface area contributed by atoms with Gasteiger partial charge in [0.15, 0.2) is 6.29 Å². The number of aliphatic hydroxyl groups is 2. The quantitative estimate of drug-likeness (QED) is 0.569. The predicted octanol–water partition coefficient (Wildman–Crippen LogP) is -0.290. The van der Waals surface area contributed by atoms with Crippen LogP contribution in [0, 0.1) is 0 Å². The van der Waals surface area contributed by atoms with Crippen molar-refractivity contribution in [2.24, 2.45) is 0 Å². The molecule has 5 nitrogen and oxygen atoms in total. The first kappa shape index (κ1) is 10.4. The molecule has 0 saturated carbocycles. The minimum absolute atomic E-state index is 0.00407. The van der Waals surface area contributed by atoms with Crippen molar-refractivity contribution in [1.82, 2.24) is 0 Å². The summed E-state index contributed by atoms with van der Waals surface area (Å²) < 4.78 is 5.04. The molecular weight excluding hydrogens is 176 g/mol. The molecule has 1 saturated heterocycles. The van der Waals surface area contributed by atoms with Crippen LogP contribution in [-0.2, 0) is 9.53 Å². The van der Waals surface area contributed by atoms with Gasteiger partial charge in [-0.1, -0.05) is 0 Å². The maximum absolute atomic E-state index is 10.2. The number of carbonyl (C=O) groups is 1. The fourth-order valence-electron chi connectivity index (χ4n) is 1.44. The van der Waals surface area contributed by atoms with E-state index in [9.17, 15) is 9.90 Å². The highest BCUT2D eigenvalue weighted by Gasteiger charge is 2.26. The normalized spacial score (nSPS) is 34.5. The molecule has 0 amide bonds. The van der Waals surface area contributed by atoms with Gasteiger partial charge in [0.2, 0.25) is 0 Å². The van der Waals surface area contributed by atoms with E-state index in [0.717, 1.165) is 0 Å². The Morgan fingerprint density at radius 1 is 1.38 bits per heavy atom. The van der Waals surface area contributed by atoms with E-state index in [2.05, 4.69) is 0 Å². The molecule has 0 aromatic heterocycles. The molecule has 0 spiro atoms. The van der Waals surface area contributed by atoms with Crippen molar-refractivity contribution in [3.63, 3.8) is 0 Å². The Balaban J connectivity index is 2.28. The summed E-state index contributed by atoms with van der Waals surface area (Å²) in [4.78, 5) is 10.2. The van der Waals surface area contributed by atoms with Crippen molar-refractivity contribution >= 4 is 5.97 Å². The Labute approximate surface area is 75.9 Å². The van der Waals surface area contributed by atoms with Crippen LogP contribution in [0.2, 0.25) is 0 Å². The molecule has 13 heavy (non-hydrogen) atoms. The van der Waals surface area contributed by atoms with Crippen LogP contribution < -0.4 is 0 Å². The summed E-state index contributed by atoms with van der Waals surface area (Å²) in [7, 11) is 0. The Morgan fingerprint density at radius 2 is 2.08 bits per heavy atom. The summed E-state index contributed by atoms with van der Waals surface area (Å²) in [6, 6.07) is 0. The maximum Gasteiger partial charge on any atom is 0.303 e. The van der Waals surface area contributed by atoms with E-state index in [0.29, 0.717) is 12.8 Å². The number of hydrogen-bond acceptors (Lipinski definition) is 4. The van der Waals surface area contributed by atoms with Crippen LogP contribution >= 0.6 is 0 Å². The molecule has 3 atom stereocenters. The third kappa shape index (κ3) is 3.71. The fourth-order valence-corrected chi connectivity index (χ4v) is 1.44. The summed E-state index contributed by atoms with van der Waals surface area (Å²) in [5.74, 6) is -0.891. The van der Waals surface area contributed by atoms with E-state index >= 15 is 0 Å². The van der Waals surface area contributed by atoms with Crippen molar-refractivity contribution in [3.8, 4) is 0 Å². The van der Waals surface area contributed by atoms with Gasteiger partial charge in [0, 0.05) is 12.8 Å². The lowest BCUT2D eigenvalue weighted by molar-refractivity contribution is -0.191. The molecule has 76 valence electrons. The molecule has 1 unspecified atom stereocenters. The molecule has 0 radical (unpaired) electrons. The second kappa shape index (κ2) is 4.55. The highest BCUT2D eigenvalue weighted by molar-refractivity contribution is 5.66. The number of carboxylic acids is 1. The van der Waals surface area contributed by atoms with Crippen LogP contribution in [0.15, 0.2) is 0 Å². The Morgan fingerprint density at radius 3 is 2.62 bits per heavy atom. The first-order chi connectivity index (χ1) is 6.08. The zero-order chi connectivity index (χ0) is 9.84. The predicted molar refractivity (Wildman–Crippen MR) is 43.0 cm³/mol. The van der Waals surface area contributed by atoms with Gasteiger partial charge in [0.05, 0.1) is 12.2 Å². The van der Waals surface area contributed by atoms with Gasteiger partial charge in [0.1, 0.15) is 0 Å². The molecule has 1 heterocycles. The van der Waals surface area contributed by atoms with Crippen molar-refractivity contribution in [3.05, 3.63) is 0 Å². The van der Waals surface area contributed by atoms with Crippen LogP contribution in [-0.4, -0.2) is 39.8 Å². The Kier molecular flexibility index (Phi) is 3.65. The van der Waals surface area contributed by atoms with Gasteiger partial charge in [-0.2, -0.15) is 0 Å². The minimum atomic E-state index is -0.956. The fraction of sp³-hybridized carbons (Fsp3) is 0.875. The zero-order valence-corrected chi connectivity index (χ0v) is 7.22. The molecule has 0 aliphatic carbocycles. The van der Waals surface area contributed by atoms with Crippen molar-refractivity contribution < 1.29 is 24.9 Å². The second-order valence-corrected chi connectivity index (χ2v) is 3.27. The molecule has 1 aliphatic heterocycles. The summed E-state index contributed by atoms with van der Waals surface area (Å²) in [5, 5.41) is 26.7. The molecule has 0 aromatic carbocycles. The number of ether oxygens (including phenoxy) is 1. The molecular formula is C8H14O5. The zero-order valence-electron chi connectivity index (χ0n) is 7.22. The standard InChI is InChI=1S/C8H14O5/c9-5-3-6(1-2-7(10)11)13-8(12)4-5/h5-6,8-9,12H,1-4H2,(H,10,11)/t5-,6-,8?/m1/s1. The highest BCUT2D eigenvalue weighted by atomic mass is 16.6. The monoisotopic (exact) mass is 190 g/mol. The van der Waals surface area contributed by atoms with Gasteiger partial charge in [-0.3, -0.25) is 4.79 Å². The minimum Gasteiger partial charge on any atom is -0.481 e.